The van der Waals surface area contributed by atoms with E-state index in [0.29, 0.717) is 38.6 Å². The Morgan fingerprint density at radius 2 is 1.68 bits per heavy atom. The lowest BCUT2D eigenvalue weighted by Gasteiger charge is -2.36. The molecule has 0 spiro atoms. The summed E-state index contributed by atoms with van der Waals surface area (Å²) in [7, 11) is 3.26. The summed E-state index contributed by atoms with van der Waals surface area (Å²) in [6.07, 6.45) is -6.90. The van der Waals surface area contributed by atoms with Crippen molar-refractivity contribution in [2.45, 2.75) is 37.1 Å². The van der Waals surface area contributed by atoms with Gasteiger partial charge < -0.3 is 14.5 Å². The smallest absolute Gasteiger partial charge is 0.390 e. The fraction of sp³-hybridized carbons (Fsp3) is 0.524. The summed E-state index contributed by atoms with van der Waals surface area (Å²) in [6.45, 7) is 2.78. The molecule has 0 aliphatic carbocycles. The number of carbonyl (C=O) groups excluding carboxylic acids is 1. The largest absolute Gasteiger partial charge is 0.435 e. The van der Waals surface area contributed by atoms with Crippen LogP contribution in [0.2, 0.25) is 0 Å². The maximum Gasteiger partial charge on any atom is 0.435 e. The van der Waals surface area contributed by atoms with E-state index >= 15 is 0 Å². The maximum absolute atomic E-state index is 13.5. The first-order valence-electron chi connectivity index (χ1n) is 12.2. The van der Waals surface area contributed by atoms with Gasteiger partial charge in [-0.05, 0) is 6.92 Å². The zero-order valence-electron chi connectivity index (χ0n) is 21.7. The van der Waals surface area contributed by atoms with E-state index < -0.39 is 46.0 Å². The first kappa shape index (κ1) is 29.4. The summed E-state index contributed by atoms with van der Waals surface area (Å²) in [5.74, 6) is -0.0905. The molecule has 214 valence electrons. The third-order valence-corrected chi connectivity index (χ3v) is 6.84. The Balaban J connectivity index is 1.33. The number of alkyl halides is 6. The predicted molar refractivity (Wildman–Crippen MR) is 134 cm³/mol. The Labute approximate surface area is 224 Å². The number of nitrogens with one attached hydrogen (secondary N) is 1. The van der Waals surface area contributed by atoms with Gasteiger partial charge in [0.1, 0.15) is 21.1 Å². The van der Waals surface area contributed by atoms with Gasteiger partial charge in [0.25, 0.3) is 5.56 Å². The molecule has 1 amide bonds. The zero-order chi connectivity index (χ0) is 29.5. The van der Waals surface area contributed by atoms with Gasteiger partial charge in [-0.2, -0.15) is 36.5 Å². The second kappa shape index (κ2) is 10.7. The van der Waals surface area contributed by atoms with Crippen molar-refractivity contribution in [3.8, 4) is 0 Å². The molecule has 19 heteroatoms. The first-order valence-corrected chi connectivity index (χ1v) is 12.2. The number of halogens is 6. The number of ether oxygens (including phenoxy) is 1. The van der Waals surface area contributed by atoms with Gasteiger partial charge >= 0.3 is 12.4 Å². The monoisotopic (exact) mass is 572 g/mol. The Morgan fingerprint density at radius 3 is 2.25 bits per heavy atom. The van der Waals surface area contributed by atoms with E-state index in [4.69, 9.17) is 4.74 Å². The van der Waals surface area contributed by atoms with Gasteiger partial charge in [0.05, 0.1) is 36.3 Å². The molecule has 3 aromatic rings. The summed E-state index contributed by atoms with van der Waals surface area (Å²) in [5, 5.41) is 7.53. The van der Waals surface area contributed by atoms with Crippen LogP contribution in [0, 0.1) is 0 Å². The van der Waals surface area contributed by atoms with Gasteiger partial charge in [0, 0.05) is 44.0 Å². The van der Waals surface area contributed by atoms with Crippen molar-refractivity contribution in [3.63, 3.8) is 0 Å². The van der Waals surface area contributed by atoms with E-state index in [0.717, 1.165) is 10.9 Å². The van der Waals surface area contributed by atoms with Crippen LogP contribution in [-0.2, 0) is 21.9 Å². The Bertz CT molecular complexity index is 1420. The summed E-state index contributed by atoms with van der Waals surface area (Å²) < 4.78 is 85.7. The van der Waals surface area contributed by atoms with Crippen LogP contribution < -0.4 is 10.5 Å². The molecule has 1 aliphatic rings. The third kappa shape index (κ3) is 6.08. The van der Waals surface area contributed by atoms with Crippen molar-refractivity contribution >= 4 is 38.5 Å². The number of anilines is 1. The van der Waals surface area contributed by atoms with Crippen molar-refractivity contribution in [1.82, 2.24) is 34.8 Å². The zero-order valence-corrected chi connectivity index (χ0v) is 21.7. The van der Waals surface area contributed by atoms with E-state index in [2.05, 4.69) is 20.2 Å². The minimum Gasteiger partial charge on any atom is -0.390 e. The summed E-state index contributed by atoms with van der Waals surface area (Å²) in [4.78, 5) is 35.6. The van der Waals surface area contributed by atoms with Crippen LogP contribution in [0.5, 0.6) is 0 Å². The molecular formula is C21H24B2F6N8O3. The number of rotatable bonds is 7. The third-order valence-electron chi connectivity index (χ3n) is 6.84. The second-order valence-corrected chi connectivity index (χ2v) is 9.77. The Morgan fingerprint density at radius 1 is 1.05 bits per heavy atom. The van der Waals surface area contributed by atoms with Crippen LogP contribution in [0.1, 0.15) is 30.6 Å². The van der Waals surface area contributed by atoms with Gasteiger partial charge in [-0.1, -0.05) is 0 Å². The number of aromatic nitrogens is 6. The highest BCUT2D eigenvalue weighted by atomic mass is 19.4. The minimum atomic E-state index is -4.86. The van der Waals surface area contributed by atoms with Crippen LogP contribution in [0.4, 0.5) is 32.3 Å². The number of H-pyrrole nitrogens is 1. The number of piperazine rings is 1. The summed E-state index contributed by atoms with van der Waals surface area (Å²) >= 11 is 0. The lowest BCUT2D eigenvalue weighted by atomic mass is 9.61. The van der Waals surface area contributed by atoms with Crippen molar-refractivity contribution in [2.24, 2.45) is 0 Å². The molecule has 1 aliphatic heterocycles. The van der Waals surface area contributed by atoms with Crippen LogP contribution in [0.3, 0.4) is 0 Å². The normalized spacial score (nSPS) is 16.0. The average Bonchev–Trinajstić information content (AvgIpc) is 3.29. The average molecular weight is 572 g/mol. The fourth-order valence-electron chi connectivity index (χ4n) is 4.26. The van der Waals surface area contributed by atoms with E-state index in [-0.39, 0.29) is 30.4 Å². The van der Waals surface area contributed by atoms with Gasteiger partial charge in [-0.25, -0.2) is 15.1 Å². The molecule has 4 heterocycles. The number of carbonyl (C=O) groups is 1. The highest BCUT2D eigenvalue weighted by Crippen LogP contribution is 2.34. The van der Waals surface area contributed by atoms with Crippen LogP contribution in [0.25, 0.3) is 10.9 Å². The lowest BCUT2D eigenvalue weighted by molar-refractivity contribution is -0.140. The molecule has 40 heavy (non-hydrogen) atoms. The minimum absolute atomic E-state index is 0.0121. The summed E-state index contributed by atoms with van der Waals surface area (Å²) in [5.41, 5.74) is -3.40. The molecule has 1 unspecified atom stereocenters. The molecular weight excluding hydrogens is 548 g/mol. The van der Waals surface area contributed by atoms with Gasteiger partial charge in [0.2, 0.25) is 11.9 Å². The van der Waals surface area contributed by atoms with Crippen LogP contribution in [-0.4, -0.2) is 94.6 Å². The molecule has 0 radical (unpaired) electrons. The van der Waals surface area contributed by atoms with E-state index in [1.165, 1.54) is 0 Å². The van der Waals surface area contributed by atoms with Gasteiger partial charge in [0.15, 0.2) is 5.69 Å². The number of hydrogen-bond donors (Lipinski definition) is 1. The molecule has 1 saturated heterocycles. The highest BCUT2D eigenvalue weighted by molar-refractivity contribution is 6.39. The van der Waals surface area contributed by atoms with Crippen molar-refractivity contribution in [2.75, 3.05) is 37.7 Å². The van der Waals surface area contributed by atoms with Crippen LogP contribution >= 0.6 is 0 Å². The first-order chi connectivity index (χ1) is 18.6. The lowest BCUT2D eigenvalue weighted by Crippen LogP contribution is -2.49. The number of fused-ring (bicyclic) bond motifs is 1. The summed E-state index contributed by atoms with van der Waals surface area (Å²) in [6, 6.07) is -0.780. The number of amides is 1. The number of hydrogen-bond acceptors (Lipinski definition) is 8. The fourth-order valence-corrected chi connectivity index (χ4v) is 4.26. The predicted octanol–water partition coefficient (Wildman–Crippen LogP) is 0.184. The number of aromatic amines is 1. The molecule has 4 rings (SSSR count). The maximum atomic E-state index is 13.5. The van der Waals surface area contributed by atoms with Crippen molar-refractivity contribution in [3.05, 3.63) is 40.2 Å². The quantitative estimate of drug-likeness (QED) is 0.315. The van der Waals surface area contributed by atoms with Crippen LogP contribution in [0.15, 0.2) is 23.4 Å². The SMILES string of the molecule is BC(B)(OCCC(=O)N1CCN(c2ncc(C(F)(F)F)cn2)CC1)C(C)n1nc(C(F)(F)F)c2c(=O)[nH]ncc21. The van der Waals surface area contributed by atoms with Crippen molar-refractivity contribution < 1.29 is 35.9 Å². The Hall–Kier alpha value is -3.63. The molecule has 3 aromatic heterocycles. The Kier molecular flexibility index (Phi) is 7.88. The molecule has 1 atom stereocenters. The van der Waals surface area contributed by atoms with Gasteiger partial charge in [-0.3, -0.25) is 14.3 Å². The highest BCUT2D eigenvalue weighted by Gasteiger charge is 2.40. The molecule has 11 nitrogen and oxygen atoms in total. The molecule has 1 fully saturated rings. The second-order valence-electron chi connectivity index (χ2n) is 9.77. The molecule has 0 aromatic carbocycles. The molecule has 1 N–H and O–H groups in total. The van der Waals surface area contributed by atoms with E-state index in [1.54, 1.807) is 32.4 Å². The number of nitrogens with zero attached hydrogens (tertiary/aromatic N) is 7. The van der Waals surface area contributed by atoms with E-state index in [1.807, 2.05) is 5.10 Å². The van der Waals surface area contributed by atoms with E-state index in [9.17, 15) is 35.9 Å². The molecule has 0 saturated carbocycles. The van der Waals surface area contributed by atoms with Gasteiger partial charge in [-0.15, -0.1) is 0 Å². The molecule has 0 bridgehead atoms. The van der Waals surface area contributed by atoms with Crippen molar-refractivity contribution in [1.29, 1.82) is 0 Å². The topological polar surface area (TPSA) is 122 Å². The standard InChI is InChI=1S/C21H24B2F6N8O3/c1-11(37-13-10-32-33-17(39)15(13)16(34-37)21(27,28)29)19(22,23)40-7-2-14(38)35-3-5-36(6-4-35)18-30-8-12(9-31-18)20(24,25)26/h8-11H,2-7,22-23H2,1H3,(H,33,39).